The average Bonchev–Trinajstić information content (AvgIpc) is 2.98. The van der Waals surface area contributed by atoms with Gasteiger partial charge in [-0.05, 0) is 19.1 Å². The Labute approximate surface area is 143 Å². The largest absolute Gasteiger partial charge is 0.486 e. The number of para-hydroxylation sites is 2. The Morgan fingerprint density at radius 1 is 1.43 bits per heavy atom. The molecule has 0 aliphatic carbocycles. The van der Waals surface area contributed by atoms with Crippen LogP contribution in [-0.4, -0.2) is 47.8 Å². The number of carbonyl (C=O) groups excluding carboxylic acids is 1. The Balaban J connectivity index is 1.49. The molecule has 0 unspecified atom stereocenters. The van der Waals surface area contributed by atoms with Crippen LogP contribution < -0.4 is 9.47 Å². The van der Waals surface area contributed by atoms with Gasteiger partial charge in [-0.3, -0.25) is 4.79 Å². The number of rotatable bonds is 5. The number of likely N-dealkylation sites (N-methyl/N-ethyl adjacent to an activating group) is 1. The van der Waals surface area contributed by atoms with Crippen LogP contribution in [0.4, 0.5) is 0 Å². The van der Waals surface area contributed by atoms with E-state index in [1.807, 2.05) is 36.6 Å². The fourth-order valence-corrected chi connectivity index (χ4v) is 3.98. The lowest BCUT2D eigenvalue weighted by atomic mass is 10.2. The van der Waals surface area contributed by atoms with Crippen LogP contribution in [0.1, 0.15) is 5.69 Å². The van der Waals surface area contributed by atoms with Crippen LogP contribution in [0.15, 0.2) is 34.0 Å². The number of aromatic nitrogens is 1. The highest BCUT2D eigenvalue weighted by Crippen LogP contribution is 2.31. The highest BCUT2D eigenvalue weighted by atomic mass is 32.2. The second-order valence-corrected chi connectivity index (χ2v) is 7.40. The first-order valence-electron chi connectivity index (χ1n) is 7.29. The number of hydrogen-bond donors (Lipinski definition) is 0. The molecule has 1 aromatic heterocycles. The molecule has 3 rings (SSSR count). The molecule has 7 heteroatoms. The Kier molecular flexibility index (Phi) is 5.07. The van der Waals surface area contributed by atoms with E-state index < -0.39 is 0 Å². The first-order chi connectivity index (χ1) is 11.1. The van der Waals surface area contributed by atoms with E-state index >= 15 is 0 Å². The Morgan fingerprint density at radius 3 is 2.96 bits per heavy atom. The van der Waals surface area contributed by atoms with Crippen LogP contribution in [-0.2, 0) is 4.79 Å². The minimum absolute atomic E-state index is 0.0605. The molecule has 0 N–H and O–H groups in total. The maximum absolute atomic E-state index is 12.2. The van der Waals surface area contributed by atoms with Gasteiger partial charge in [-0.1, -0.05) is 23.9 Å². The van der Waals surface area contributed by atoms with Gasteiger partial charge < -0.3 is 14.4 Å². The summed E-state index contributed by atoms with van der Waals surface area (Å²) in [7, 11) is 1.79. The van der Waals surface area contributed by atoms with E-state index in [0.29, 0.717) is 18.9 Å². The summed E-state index contributed by atoms with van der Waals surface area (Å²) in [5, 5.41) is 1.99. The number of hydrogen-bond acceptors (Lipinski definition) is 6. The standard InChI is InChI=1S/C16H18N2O3S2/c1-11-9-22-16(17-11)23-10-15(19)18(2)7-12-8-20-13-5-3-4-6-14(13)21-12/h3-6,9,12H,7-8,10H2,1-2H3/t12-/m0/s1. The lowest BCUT2D eigenvalue weighted by molar-refractivity contribution is -0.128. The van der Waals surface area contributed by atoms with E-state index in [9.17, 15) is 4.79 Å². The summed E-state index contributed by atoms with van der Waals surface area (Å²) in [6.07, 6.45) is -0.147. The third kappa shape index (κ3) is 4.17. The van der Waals surface area contributed by atoms with Crippen molar-refractivity contribution >= 4 is 29.0 Å². The zero-order chi connectivity index (χ0) is 16.2. The van der Waals surface area contributed by atoms with Gasteiger partial charge in [0, 0.05) is 18.1 Å². The summed E-state index contributed by atoms with van der Waals surface area (Å²) in [5.41, 5.74) is 0.990. The van der Waals surface area contributed by atoms with E-state index in [0.717, 1.165) is 21.5 Å². The molecule has 0 saturated carbocycles. The summed E-state index contributed by atoms with van der Waals surface area (Å²) >= 11 is 3.04. The maximum Gasteiger partial charge on any atom is 0.232 e. The van der Waals surface area contributed by atoms with Crippen molar-refractivity contribution in [1.29, 1.82) is 0 Å². The second kappa shape index (κ2) is 7.23. The summed E-state index contributed by atoms with van der Waals surface area (Å²) in [5.74, 6) is 1.93. The van der Waals surface area contributed by atoms with Crippen LogP contribution in [0.5, 0.6) is 11.5 Å². The van der Waals surface area contributed by atoms with Gasteiger partial charge in [-0.2, -0.15) is 0 Å². The summed E-state index contributed by atoms with van der Waals surface area (Å²) in [4.78, 5) is 18.3. The molecule has 0 radical (unpaired) electrons. The Hall–Kier alpha value is -1.73. The average molecular weight is 350 g/mol. The molecule has 1 aromatic carbocycles. The molecule has 1 aliphatic rings. The number of nitrogens with zero attached hydrogens (tertiary/aromatic N) is 2. The fraction of sp³-hybridized carbons (Fsp3) is 0.375. The van der Waals surface area contributed by atoms with Gasteiger partial charge in [0.15, 0.2) is 21.9 Å². The molecule has 2 heterocycles. The van der Waals surface area contributed by atoms with Crippen LogP contribution >= 0.6 is 23.1 Å². The van der Waals surface area contributed by atoms with Gasteiger partial charge in [-0.15, -0.1) is 11.3 Å². The van der Waals surface area contributed by atoms with Gasteiger partial charge in [-0.25, -0.2) is 4.98 Å². The molecule has 0 bridgehead atoms. The van der Waals surface area contributed by atoms with Crippen LogP contribution in [0.3, 0.4) is 0 Å². The van der Waals surface area contributed by atoms with E-state index in [1.54, 1.807) is 23.3 Å². The lowest BCUT2D eigenvalue weighted by Crippen LogP contribution is -2.42. The van der Waals surface area contributed by atoms with Crippen LogP contribution in [0.25, 0.3) is 0 Å². The fourth-order valence-electron chi connectivity index (χ4n) is 2.19. The van der Waals surface area contributed by atoms with Gasteiger partial charge in [0.25, 0.3) is 0 Å². The van der Waals surface area contributed by atoms with Crippen molar-refractivity contribution < 1.29 is 14.3 Å². The molecular weight excluding hydrogens is 332 g/mol. The third-order valence-corrected chi connectivity index (χ3v) is 5.51. The van der Waals surface area contributed by atoms with Crippen molar-refractivity contribution in [2.45, 2.75) is 17.4 Å². The first-order valence-corrected chi connectivity index (χ1v) is 9.15. The molecule has 0 spiro atoms. The molecular formula is C16H18N2O3S2. The van der Waals surface area contributed by atoms with Crippen molar-refractivity contribution in [3.8, 4) is 11.5 Å². The van der Waals surface area contributed by atoms with E-state index in [4.69, 9.17) is 9.47 Å². The monoisotopic (exact) mass is 350 g/mol. The Bertz CT molecular complexity index is 689. The minimum Gasteiger partial charge on any atom is -0.486 e. The highest BCUT2D eigenvalue weighted by molar-refractivity contribution is 8.01. The molecule has 2 aromatic rings. The topological polar surface area (TPSA) is 51.7 Å². The van der Waals surface area contributed by atoms with Gasteiger partial charge in [0.05, 0.1) is 12.3 Å². The number of aryl methyl sites for hydroxylation is 1. The van der Waals surface area contributed by atoms with E-state index in [1.165, 1.54) is 11.8 Å². The van der Waals surface area contributed by atoms with E-state index in [2.05, 4.69) is 4.98 Å². The minimum atomic E-state index is -0.147. The zero-order valence-electron chi connectivity index (χ0n) is 13.0. The molecule has 1 atom stereocenters. The van der Waals surface area contributed by atoms with Gasteiger partial charge in [0.2, 0.25) is 5.91 Å². The van der Waals surface area contributed by atoms with Crippen molar-refractivity contribution in [2.75, 3.05) is 26.0 Å². The van der Waals surface area contributed by atoms with Crippen LogP contribution in [0, 0.1) is 6.92 Å². The van der Waals surface area contributed by atoms with E-state index in [-0.39, 0.29) is 12.0 Å². The molecule has 0 saturated heterocycles. The van der Waals surface area contributed by atoms with Gasteiger partial charge >= 0.3 is 0 Å². The quantitative estimate of drug-likeness (QED) is 0.776. The molecule has 5 nitrogen and oxygen atoms in total. The molecule has 122 valence electrons. The Morgan fingerprint density at radius 2 is 2.22 bits per heavy atom. The highest BCUT2D eigenvalue weighted by Gasteiger charge is 2.23. The number of ether oxygens (including phenoxy) is 2. The summed E-state index contributed by atoms with van der Waals surface area (Å²) in [6, 6.07) is 7.58. The lowest BCUT2D eigenvalue weighted by Gasteiger charge is -2.29. The van der Waals surface area contributed by atoms with Crippen molar-refractivity contribution in [3.05, 3.63) is 35.3 Å². The maximum atomic E-state index is 12.2. The molecule has 23 heavy (non-hydrogen) atoms. The molecule has 1 amide bonds. The number of amides is 1. The van der Waals surface area contributed by atoms with Crippen molar-refractivity contribution in [1.82, 2.24) is 9.88 Å². The van der Waals surface area contributed by atoms with Gasteiger partial charge in [0.1, 0.15) is 6.61 Å². The molecule has 1 aliphatic heterocycles. The summed E-state index contributed by atoms with van der Waals surface area (Å²) in [6.45, 7) is 2.91. The smallest absolute Gasteiger partial charge is 0.232 e. The number of benzene rings is 1. The zero-order valence-corrected chi connectivity index (χ0v) is 14.7. The normalized spacial score (nSPS) is 16.2. The number of carbonyl (C=O) groups is 1. The first kappa shape index (κ1) is 16.1. The van der Waals surface area contributed by atoms with Crippen molar-refractivity contribution in [3.63, 3.8) is 0 Å². The number of fused-ring (bicyclic) bond motifs is 1. The number of thiazole rings is 1. The SMILES string of the molecule is Cc1csc(SCC(=O)N(C)C[C@H]2COc3ccccc3O2)n1. The predicted molar refractivity (Wildman–Crippen MR) is 91.6 cm³/mol. The number of thioether (sulfide) groups is 1. The molecule has 0 fully saturated rings. The van der Waals surface area contributed by atoms with Crippen molar-refractivity contribution in [2.24, 2.45) is 0 Å². The predicted octanol–water partition coefficient (Wildman–Crippen LogP) is 2.84. The third-order valence-electron chi connectivity index (χ3n) is 3.39. The second-order valence-electron chi connectivity index (χ2n) is 5.32. The van der Waals surface area contributed by atoms with Crippen LogP contribution in [0.2, 0.25) is 0 Å². The summed E-state index contributed by atoms with van der Waals surface area (Å²) < 4.78 is 12.5.